The van der Waals surface area contributed by atoms with Crippen molar-refractivity contribution in [1.82, 2.24) is 0 Å². The lowest BCUT2D eigenvalue weighted by Gasteiger charge is -2.04. The number of hydrogen-bond acceptors (Lipinski definition) is 1. The van der Waals surface area contributed by atoms with Crippen molar-refractivity contribution < 1.29 is 4.74 Å². The maximum atomic E-state index is 5.42. The molecule has 0 saturated heterocycles. The van der Waals surface area contributed by atoms with E-state index in [1.54, 1.807) is 6.08 Å². The number of benzene rings is 1. The van der Waals surface area contributed by atoms with Crippen LogP contribution in [0.25, 0.3) is 0 Å². The summed E-state index contributed by atoms with van der Waals surface area (Å²) in [6.45, 7) is 6.43. The van der Waals surface area contributed by atoms with E-state index in [-0.39, 0.29) is 0 Å². The molecule has 1 rings (SSSR count). The van der Waals surface area contributed by atoms with Gasteiger partial charge in [0, 0.05) is 0 Å². The molecule has 0 unspecified atom stereocenters. The molecule has 15 heavy (non-hydrogen) atoms. The Morgan fingerprint density at radius 2 is 1.93 bits per heavy atom. The Morgan fingerprint density at radius 3 is 2.53 bits per heavy atom. The summed E-state index contributed by atoms with van der Waals surface area (Å²) in [5, 5.41) is 0. The van der Waals surface area contributed by atoms with Gasteiger partial charge in [-0.1, -0.05) is 44.6 Å². The molecule has 0 aliphatic heterocycles. The van der Waals surface area contributed by atoms with Crippen LogP contribution < -0.4 is 4.74 Å². The van der Waals surface area contributed by atoms with Gasteiger partial charge in [0.25, 0.3) is 0 Å². The zero-order valence-corrected chi connectivity index (χ0v) is 9.54. The first-order valence-corrected chi connectivity index (χ1v) is 5.69. The lowest BCUT2D eigenvalue weighted by molar-refractivity contribution is 0.363. The van der Waals surface area contributed by atoms with E-state index >= 15 is 0 Å². The molecule has 1 aromatic rings. The van der Waals surface area contributed by atoms with Crippen LogP contribution in [0.3, 0.4) is 0 Å². The molecule has 0 heterocycles. The van der Waals surface area contributed by atoms with Gasteiger partial charge in [-0.3, -0.25) is 0 Å². The van der Waals surface area contributed by atoms with E-state index in [4.69, 9.17) is 4.74 Å². The van der Waals surface area contributed by atoms with E-state index in [9.17, 15) is 0 Å². The second-order valence-corrected chi connectivity index (χ2v) is 3.70. The molecule has 0 spiro atoms. The van der Waals surface area contributed by atoms with Crippen LogP contribution in [0.15, 0.2) is 36.9 Å². The number of unbranched alkanes of at least 4 members (excludes halogenated alkanes) is 2. The van der Waals surface area contributed by atoms with E-state index in [1.807, 2.05) is 12.1 Å². The third kappa shape index (κ3) is 4.68. The molecule has 1 aromatic carbocycles. The largest absolute Gasteiger partial charge is 0.490 e. The highest BCUT2D eigenvalue weighted by Crippen LogP contribution is 2.14. The Balaban J connectivity index is 2.38. The zero-order chi connectivity index (χ0) is 10.9. The lowest BCUT2D eigenvalue weighted by atomic mass is 10.1. The Labute approximate surface area is 92.8 Å². The maximum Gasteiger partial charge on any atom is 0.119 e. The predicted octanol–water partition coefficient (Wildman–Crippen LogP) is 3.98. The molecular formula is C14H20O. The van der Waals surface area contributed by atoms with Crippen molar-refractivity contribution in [3.8, 4) is 5.75 Å². The standard InChI is InChI=1S/C14H20O/c1-3-5-6-7-13-8-10-14(11-9-13)15-12-4-2/h4,8-11H,2-3,5-7,12H2,1H3. The van der Waals surface area contributed by atoms with Crippen molar-refractivity contribution in [2.45, 2.75) is 32.6 Å². The SMILES string of the molecule is C=CCOc1ccc(CCCCC)cc1. The second kappa shape index (κ2) is 7.10. The Morgan fingerprint density at radius 1 is 1.20 bits per heavy atom. The molecule has 0 aromatic heterocycles. The first-order valence-electron chi connectivity index (χ1n) is 5.69. The van der Waals surface area contributed by atoms with Gasteiger partial charge >= 0.3 is 0 Å². The van der Waals surface area contributed by atoms with Gasteiger partial charge in [0.1, 0.15) is 12.4 Å². The topological polar surface area (TPSA) is 9.23 Å². The molecular weight excluding hydrogens is 184 g/mol. The molecule has 0 radical (unpaired) electrons. The molecule has 0 fully saturated rings. The summed E-state index contributed by atoms with van der Waals surface area (Å²) in [6, 6.07) is 8.36. The van der Waals surface area contributed by atoms with Gasteiger partial charge in [-0.05, 0) is 30.5 Å². The molecule has 1 nitrogen and oxygen atoms in total. The Bertz CT molecular complexity index is 274. The average Bonchev–Trinajstić information content (AvgIpc) is 2.28. The van der Waals surface area contributed by atoms with Crippen molar-refractivity contribution >= 4 is 0 Å². The van der Waals surface area contributed by atoms with Crippen LogP contribution >= 0.6 is 0 Å². The fourth-order valence-electron chi connectivity index (χ4n) is 1.49. The van der Waals surface area contributed by atoms with E-state index < -0.39 is 0 Å². The van der Waals surface area contributed by atoms with Crippen molar-refractivity contribution in [3.05, 3.63) is 42.5 Å². The van der Waals surface area contributed by atoms with Crippen LogP contribution in [-0.2, 0) is 6.42 Å². The van der Waals surface area contributed by atoms with Crippen molar-refractivity contribution in [3.63, 3.8) is 0 Å². The van der Waals surface area contributed by atoms with Crippen molar-refractivity contribution in [2.24, 2.45) is 0 Å². The minimum atomic E-state index is 0.579. The maximum absolute atomic E-state index is 5.42. The minimum absolute atomic E-state index is 0.579. The molecule has 0 bridgehead atoms. The van der Waals surface area contributed by atoms with Crippen molar-refractivity contribution in [1.29, 1.82) is 0 Å². The molecule has 0 aliphatic carbocycles. The second-order valence-electron chi connectivity index (χ2n) is 3.70. The smallest absolute Gasteiger partial charge is 0.119 e. The van der Waals surface area contributed by atoms with Crippen LogP contribution in [0.5, 0.6) is 5.75 Å². The average molecular weight is 204 g/mol. The summed E-state index contributed by atoms with van der Waals surface area (Å²) >= 11 is 0. The minimum Gasteiger partial charge on any atom is -0.490 e. The summed E-state index contributed by atoms with van der Waals surface area (Å²) in [5.41, 5.74) is 1.40. The third-order valence-corrected chi connectivity index (χ3v) is 2.36. The molecule has 0 aliphatic rings. The van der Waals surface area contributed by atoms with E-state index in [2.05, 4.69) is 25.6 Å². The predicted molar refractivity (Wildman–Crippen MR) is 65.4 cm³/mol. The highest BCUT2D eigenvalue weighted by molar-refractivity contribution is 5.27. The molecule has 0 amide bonds. The highest BCUT2D eigenvalue weighted by Gasteiger charge is 1.94. The Hall–Kier alpha value is -1.24. The van der Waals surface area contributed by atoms with Crippen LogP contribution in [0.2, 0.25) is 0 Å². The molecule has 82 valence electrons. The number of hydrogen-bond donors (Lipinski definition) is 0. The molecule has 1 heteroatoms. The van der Waals surface area contributed by atoms with Gasteiger partial charge in [-0.2, -0.15) is 0 Å². The zero-order valence-electron chi connectivity index (χ0n) is 9.54. The van der Waals surface area contributed by atoms with Crippen molar-refractivity contribution in [2.75, 3.05) is 6.61 Å². The number of ether oxygens (including phenoxy) is 1. The fraction of sp³-hybridized carbons (Fsp3) is 0.429. The van der Waals surface area contributed by atoms with Gasteiger partial charge in [0.2, 0.25) is 0 Å². The van der Waals surface area contributed by atoms with Gasteiger partial charge in [0.05, 0.1) is 0 Å². The lowest BCUT2D eigenvalue weighted by Crippen LogP contribution is -1.93. The van der Waals surface area contributed by atoms with Crippen LogP contribution in [0.4, 0.5) is 0 Å². The third-order valence-electron chi connectivity index (χ3n) is 2.36. The Kier molecular flexibility index (Phi) is 5.60. The summed E-state index contributed by atoms with van der Waals surface area (Å²) in [5.74, 6) is 0.925. The molecule has 0 N–H and O–H groups in total. The summed E-state index contributed by atoms with van der Waals surface area (Å²) in [6.07, 6.45) is 6.81. The van der Waals surface area contributed by atoms with Crippen LogP contribution in [0, 0.1) is 0 Å². The van der Waals surface area contributed by atoms with E-state index in [1.165, 1.54) is 31.2 Å². The van der Waals surface area contributed by atoms with Gasteiger partial charge < -0.3 is 4.74 Å². The summed E-state index contributed by atoms with van der Waals surface area (Å²) in [7, 11) is 0. The van der Waals surface area contributed by atoms with Gasteiger partial charge in [-0.25, -0.2) is 0 Å². The monoisotopic (exact) mass is 204 g/mol. The van der Waals surface area contributed by atoms with E-state index in [0.29, 0.717) is 6.61 Å². The quantitative estimate of drug-likeness (QED) is 0.482. The normalized spacial score (nSPS) is 9.93. The van der Waals surface area contributed by atoms with Crippen LogP contribution in [0.1, 0.15) is 31.7 Å². The van der Waals surface area contributed by atoms with Gasteiger partial charge in [-0.15, -0.1) is 0 Å². The number of rotatable bonds is 7. The summed E-state index contributed by atoms with van der Waals surface area (Å²) in [4.78, 5) is 0. The van der Waals surface area contributed by atoms with Crippen LogP contribution in [-0.4, -0.2) is 6.61 Å². The molecule has 0 saturated carbocycles. The summed E-state index contributed by atoms with van der Waals surface area (Å²) < 4.78 is 5.42. The van der Waals surface area contributed by atoms with Gasteiger partial charge in [0.15, 0.2) is 0 Å². The molecule has 0 atom stereocenters. The highest BCUT2D eigenvalue weighted by atomic mass is 16.5. The first kappa shape index (κ1) is 11.8. The first-order chi connectivity index (χ1) is 7.36. The van der Waals surface area contributed by atoms with E-state index in [0.717, 1.165) is 5.75 Å². The fourth-order valence-corrected chi connectivity index (χ4v) is 1.49. The number of aryl methyl sites for hydroxylation is 1.